The second-order valence-corrected chi connectivity index (χ2v) is 7.16. The van der Waals surface area contributed by atoms with E-state index in [1.807, 2.05) is 26.8 Å². The number of hydrogen-bond donors (Lipinski definition) is 2. The Balaban J connectivity index is 2.89. The maximum Gasteiger partial charge on any atom is 0.225 e. The van der Waals surface area contributed by atoms with Gasteiger partial charge in [-0.1, -0.05) is 50.0 Å². The third-order valence-corrected chi connectivity index (χ3v) is 3.76. The second kappa shape index (κ2) is 6.33. The number of benzene rings is 1. The first kappa shape index (κ1) is 17.3. The van der Waals surface area contributed by atoms with Crippen LogP contribution in [-0.2, 0) is 11.2 Å². The Kier molecular flexibility index (Phi) is 5.47. The fourth-order valence-electron chi connectivity index (χ4n) is 1.70. The van der Waals surface area contributed by atoms with Crippen molar-refractivity contribution in [2.75, 3.05) is 6.61 Å². The number of carbonyl (C=O) groups excluding carboxylic acids is 1. The predicted octanol–water partition coefficient (Wildman–Crippen LogP) is 3.45. The lowest BCUT2D eigenvalue weighted by molar-refractivity contribution is -0.130. The largest absolute Gasteiger partial charge is 0.394 e. The number of carbonyl (C=O) groups is 1. The van der Waals surface area contributed by atoms with Crippen molar-refractivity contribution in [3.8, 4) is 0 Å². The van der Waals surface area contributed by atoms with E-state index in [0.29, 0.717) is 16.5 Å². The average molecular weight is 318 g/mol. The smallest absolute Gasteiger partial charge is 0.225 e. The Morgan fingerprint density at radius 2 is 1.80 bits per heavy atom. The molecule has 5 heteroatoms. The molecule has 1 aromatic carbocycles. The molecule has 0 aromatic heterocycles. The number of aliphatic hydroxyl groups is 1. The van der Waals surface area contributed by atoms with E-state index in [2.05, 4.69) is 5.32 Å². The molecule has 0 heterocycles. The second-order valence-electron chi connectivity index (χ2n) is 6.35. The maximum absolute atomic E-state index is 12.1. The van der Waals surface area contributed by atoms with E-state index in [4.69, 9.17) is 23.2 Å². The van der Waals surface area contributed by atoms with E-state index in [0.717, 1.165) is 5.56 Å². The summed E-state index contributed by atoms with van der Waals surface area (Å²) in [7, 11) is 0. The van der Waals surface area contributed by atoms with Crippen LogP contribution in [0.25, 0.3) is 0 Å². The highest BCUT2D eigenvalue weighted by Gasteiger charge is 2.31. The SMILES string of the molecule is CC(CO)(Cc1ccc(Cl)c(Cl)c1)NC(=O)C(C)(C)C. The quantitative estimate of drug-likeness (QED) is 0.893. The molecule has 0 spiro atoms. The van der Waals surface area contributed by atoms with Gasteiger partial charge < -0.3 is 10.4 Å². The van der Waals surface area contributed by atoms with Crippen LogP contribution in [0.5, 0.6) is 0 Å². The van der Waals surface area contributed by atoms with Crippen LogP contribution in [0, 0.1) is 5.41 Å². The van der Waals surface area contributed by atoms with E-state index in [9.17, 15) is 9.90 Å². The van der Waals surface area contributed by atoms with Crippen molar-refractivity contribution in [1.82, 2.24) is 5.32 Å². The van der Waals surface area contributed by atoms with E-state index in [1.54, 1.807) is 19.1 Å². The van der Waals surface area contributed by atoms with Crippen LogP contribution in [0.3, 0.4) is 0 Å². The summed E-state index contributed by atoms with van der Waals surface area (Å²) in [6.45, 7) is 7.14. The Bertz CT molecular complexity index is 497. The van der Waals surface area contributed by atoms with Crippen LogP contribution in [0.1, 0.15) is 33.3 Å². The number of nitrogens with one attached hydrogen (secondary N) is 1. The zero-order chi connectivity index (χ0) is 15.6. The molecule has 1 amide bonds. The molecule has 0 aliphatic carbocycles. The Hall–Kier alpha value is -0.770. The van der Waals surface area contributed by atoms with Crippen LogP contribution >= 0.6 is 23.2 Å². The first-order valence-electron chi connectivity index (χ1n) is 6.45. The lowest BCUT2D eigenvalue weighted by atomic mass is 9.89. The first-order valence-corrected chi connectivity index (χ1v) is 7.20. The Morgan fingerprint density at radius 1 is 1.20 bits per heavy atom. The summed E-state index contributed by atoms with van der Waals surface area (Å²) in [6, 6.07) is 5.30. The molecule has 1 unspecified atom stereocenters. The fraction of sp³-hybridized carbons (Fsp3) is 0.533. The highest BCUT2D eigenvalue weighted by atomic mass is 35.5. The molecule has 2 N–H and O–H groups in total. The normalized spacial score (nSPS) is 14.8. The van der Waals surface area contributed by atoms with Gasteiger partial charge in [-0.2, -0.15) is 0 Å². The minimum absolute atomic E-state index is 0.103. The Morgan fingerprint density at radius 3 is 2.25 bits per heavy atom. The van der Waals surface area contributed by atoms with Crippen molar-refractivity contribution < 1.29 is 9.90 Å². The monoisotopic (exact) mass is 317 g/mol. The third-order valence-electron chi connectivity index (χ3n) is 3.02. The summed E-state index contributed by atoms with van der Waals surface area (Å²) in [5, 5.41) is 13.5. The summed E-state index contributed by atoms with van der Waals surface area (Å²) in [5.74, 6) is -0.103. The molecule has 0 aliphatic heterocycles. The van der Waals surface area contributed by atoms with Gasteiger partial charge in [0, 0.05) is 5.41 Å². The van der Waals surface area contributed by atoms with Crippen molar-refractivity contribution >= 4 is 29.1 Å². The van der Waals surface area contributed by atoms with Gasteiger partial charge in [-0.15, -0.1) is 0 Å². The van der Waals surface area contributed by atoms with Crippen molar-refractivity contribution in [2.24, 2.45) is 5.41 Å². The minimum Gasteiger partial charge on any atom is -0.394 e. The van der Waals surface area contributed by atoms with E-state index >= 15 is 0 Å². The number of rotatable bonds is 4. The number of aliphatic hydroxyl groups excluding tert-OH is 1. The van der Waals surface area contributed by atoms with E-state index < -0.39 is 11.0 Å². The first-order chi connectivity index (χ1) is 9.07. The molecule has 0 radical (unpaired) electrons. The minimum atomic E-state index is -0.735. The highest BCUT2D eigenvalue weighted by Crippen LogP contribution is 2.25. The molecule has 0 saturated carbocycles. The summed E-state index contributed by atoms with van der Waals surface area (Å²) in [6.07, 6.45) is 0.474. The van der Waals surface area contributed by atoms with Gasteiger partial charge in [0.1, 0.15) is 0 Å². The van der Waals surface area contributed by atoms with Crippen LogP contribution < -0.4 is 5.32 Å². The molecule has 0 bridgehead atoms. The average Bonchev–Trinajstić information content (AvgIpc) is 2.32. The van der Waals surface area contributed by atoms with Gasteiger partial charge in [0.15, 0.2) is 0 Å². The van der Waals surface area contributed by atoms with E-state index in [-0.39, 0.29) is 12.5 Å². The molecule has 0 fully saturated rings. The predicted molar refractivity (Wildman–Crippen MR) is 83.3 cm³/mol. The van der Waals surface area contributed by atoms with Crippen molar-refractivity contribution in [3.05, 3.63) is 33.8 Å². The molecule has 20 heavy (non-hydrogen) atoms. The van der Waals surface area contributed by atoms with Gasteiger partial charge in [-0.05, 0) is 31.0 Å². The molecule has 1 atom stereocenters. The standard InChI is InChI=1S/C15H21Cl2NO2/c1-14(2,3)13(20)18-15(4,9-19)8-10-5-6-11(16)12(17)7-10/h5-7,19H,8-9H2,1-4H3,(H,18,20). The Labute approximate surface area is 130 Å². The van der Waals surface area contributed by atoms with Crippen LogP contribution in [-0.4, -0.2) is 23.2 Å². The van der Waals surface area contributed by atoms with Gasteiger partial charge in [0.05, 0.1) is 22.2 Å². The van der Waals surface area contributed by atoms with Crippen molar-refractivity contribution in [2.45, 2.75) is 39.7 Å². The molecular formula is C15H21Cl2NO2. The lowest BCUT2D eigenvalue weighted by Gasteiger charge is -2.32. The summed E-state index contributed by atoms with van der Waals surface area (Å²) >= 11 is 11.9. The maximum atomic E-state index is 12.1. The topological polar surface area (TPSA) is 49.3 Å². The zero-order valence-corrected chi connectivity index (χ0v) is 13.8. The van der Waals surface area contributed by atoms with Gasteiger partial charge in [-0.25, -0.2) is 0 Å². The van der Waals surface area contributed by atoms with Gasteiger partial charge in [0.25, 0.3) is 0 Å². The number of halogens is 2. The lowest BCUT2D eigenvalue weighted by Crippen LogP contribution is -2.53. The molecule has 1 aromatic rings. The van der Waals surface area contributed by atoms with Crippen LogP contribution in [0.4, 0.5) is 0 Å². The summed E-state index contributed by atoms with van der Waals surface area (Å²) in [4.78, 5) is 12.1. The van der Waals surface area contributed by atoms with Crippen molar-refractivity contribution in [1.29, 1.82) is 0 Å². The van der Waals surface area contributed by atoms with Crippen LogP contribution in [0.15, 0.2) is 18.2 Å². The molecular weight excluding hydrogens is 297 g/mol. The summed E-state index contributed by atoms with van der Waals surface area (Å²) < 4.78 is 0. The summed E-state index contributed by atoms with van der Waals surface area (Å²) in [5.41, 5.74) is -0.333. The molecule has 112 valence electrons. The number of amides is 1. The van der Waals surface area contributed by atoms with E-state index in [1.165, 1.54) is 0 Å². The fourth-order valence-corrected chi connectivity index (χ4v) is 2.02. The number of hydrogen-bond acceptors (Lipinski definition) is 2. The molecule has 1 rings (SSSR count). The van der Waals surface area contributed by atoms with Crippen molar-refractivity contribution in [3.63, 3.8) is 0 Å². The zero-order valence-electron chi connectivity index (χ0n) is 12.3. The highest BCUT2D eigenvalue weighted by molar-refractivity contribution is 6.42. The van der Waals surface area contributed by atoms with Gasteiger partial charge >= 0.3 is 0 Å². The third kappa shape index (κ3) is 4.65. The van der Waals surface area contributed by atoms with Gasteiger partial charge in [-0.3, -0.25) is 4.79 Å². The molecule has 3 nitrogen and oxygen atoms in total. The molecule has 0 saturated heterocycles. The van der Waals surface area contributed by atoms with Crippen LogP contribution in [0.2, 0.25) is 10.0 Å². The van der Waals surface area contributed by atoms with Gasteiger partial charge in [0.2, 0.25) is 5.91 Å². The molecule has 0 aliphatic rings.